The topological polar surface area (TPSA) is 26.0 Å². The standard InChI is InChI=1S/C12H15BrF3N/c1-3-7(2)11(17)9-6-8(12(14,15)16)4-5-10(9)13/h4-7,11H,3,17H2,1-2H3/t7?,11-/m0/s1. The zero-order valence-corrected chi connectivity index (χ0v) is 11.3. The maximum absolute atomic E-state index is 12.6. The van der Waals surface area contributed by atoms with Gasteiger partial charge in [-0.25, -0.2) is 0 Å². The molecule has 0 aromatic heterocycles. The van der Waals surface area contributed by atoms with Gasteiger partial charge in [-0.2, -0.15) is 13.2 Å². The van der Waals surface area contributed by atoms with E-state index in [9.17, 15) is 13.2 Å². The van der Waals surface area contributed by atoms with Crippen molar-refractivity contribution in [3.63, 3.8) is 0 Å². The summed E-state index contributed by atoms with van der Waals surface area (Å²) in [5.41, 5.74) is 5.82. The number of nitrogens with two attached hydrogens (primary N) is 1. The molecule has 0 fully saturated rings. The molecule has 17 heavy (non-hydrogen) atoms. The third-order valence-corrected chi connectivity index (χ3v) is 3.66. The smallest absolute Gasteiger partial charge is 0.324 e. The van der Waals surface area contributed by atoms with Gasteiger partial charge in [-0.15, -0.1) is 0 Å². The van der Waals surface area contributed by atoms with Crippen molar-refractivity contribution in [2.45, 2.75) is 32.5 Å². The molecule has 1 rings (SSSR count). The molecular weight excluding hydrogens is 295 g/mol. The Balaban J connectivity index is 3.15. The molecule has 0 heterocycles. The predicted octanol–water partition coefficient (Wildman–Crippen LogP) is 4.51. The Kier molecular flexibility index (Phi) is 4.61. The third kappa shape index (κ3) is 3.45. The van der Waals surface area contributed by atoms with Crippen molar-refractivity contribution >= 4 is 15.9 Å². The molecule has 1 aromatic carbocycles. The average molecular weight is 310 g/mol. The molecule has 0 aliphatic carbocycles. The lowest BCUT2D eigenvalue weighted by atomic mass is 9.92. The highest BCUT2D eigenvalue weighted by Gasteiger charge is 2.31. The van der Waals surface area contributed by atoms with Crippen LogP contribution in [0.15, 0.2) is 22.7 Å². The summed E-state index contributed by atoms with van der Waals surface area (Å²) in [6, 6.07) is 3.19. The van der Waals surface area contributed by atoms with Crippen LogP contribution in [0.2, 0.25) is 0 Å². The summed E-state index contributed by atoms with van der Waals surface area (Å²) in [6.07, 6.45) is -3.51. The van der Waals surface area contributed by atoms with Crippen molar-refractivity contribution in [3.05, 3.63) is 33.8 Å². The monoisotopic (exact) mass is 309 g/mol. The van der Waals surface area contributed by atoms with Crippen LogP contribution in [0, 0.1) is 5.92 Å². The molecule has 1 nitrogen and oxygen atoms in total. The van der Waals surface area contributed by atoms with Crippen LogP contribution in [0.4, 0.5) is 13.2 Å². The third-order valence-electron chi connectivity index (χ3n) is 2.94. The summed E-state index contributed by atoms with van der Waals surface area (Å²) in [6.45, 7) is 3.89. The number of benzene rings is 1. The molecule has 2 N–H and O–H groups in total. The van der Waals surface area contributed by atoms with Gasteiger partial charge in [0.05, 0.1) is 5.56 Å². The highest BCUT2D eigenvalue weighted by Crippen LogP contribution is 2.35. The maximum Gasteiger partial charge on any atom is 0.416 e. The normalized spacial score (nSPS) is 15.7. The minimum absolute atomic E-state index is 0.134. The van der Waals surface area contributed by atoms with Crippen molar-refractivity contribution in [2.75, 3.05) is 0 Å². The quantitative estimate of drug-likeness (QED) is 0.873. The van der Waals surface area contributed by atoms with Gasteiger partial charge in [0, 0.05) is 10.5 Å². The molecule has 0 amide bonds. The predicted molar refractivity (Wildman–Crippen MR) is 65.5 cm³/mol. The fourth-order valence-electron chi connectivity index (χ4n) is 1.54. The lowest BCUT2D eigenvalue weighted by Gasteiger charge is -2.21. The minimum atomic E-state index is -4.33. The van der Waals surface area contributed by atoms with Crippen molar-refractivity contribution < 1.29 is 13.2 Å². The first-order valence-electron chi connectivity index (χ1n) is 5.39. The van der Waals surface area contributed by atoms with E-state index in [4.69, 9.17) is 5.73 Å². The van der Waals surface area contributed by atoms with Crippen LogP contribution < -0.4 is 5.73 Å². The first kappa shape index (κ1) is 14.5. The number of alkyl halides is 3. The van der Waals surface area contributed by atoms with Gasteiger partial charge in [-0.3, -0.25) is 0 Å². The molecule has 0 aliphatic rings. The lowest BCUT2D eigenvalue weighted by molar-refractivity contribution is -0.137. The lowest BCUT2D eigenvalue weighted by Crippen LogP contribution is -2.20. The van der Waals surface area contributed by atoms with Crippen LogP contribution in [0.1, 0.15) is 37.4 Å². The van der Waals surface area contributed by atoms with Crippen LogP contribution in [0.3, 0.4) is 0 Å². The van der Waals surface area contributed by atoms with Crippen LogP contribution >= 0.6 is 15.9 Å². The molecule has 0 radical (unpaired) electrons. The van der Waals surface area contributed by atoms with E-state index in [0.717, 1.165) is 18.6 Å². The van der Waals surface area contributed by atoms with Gasteiger partial charge in [-0.05, 0) is 29.7 Å². The van der Waals surface area contributed by atoms with E-state index < -0.39 is 17.8 Å². The summed E-state index contributed by atoms with van der Waals surface area (Å²) in [5, 5.41) is 0. The molecule has 1 aromatic rings. The second-order valence-electron chi connectivity index (χ2n) is 4.15. The van der Waals surface area contributed by atoms with Gasteiger partial charge in [0.1, 0.15) is 0 Å². The number of hydrogen-bond donors (Lipinski definition) is 1. The molecule has 1 unspecified atom stereocenters. The first-order valence-corrected chi connectivity index (χ1v) is 6.19. The fraction of sp³-hybridized carbons (Fsp3) is 0.500. The molecule has 5 heteroatoms. The number of rotatable bonds is 3. The van der Waals surface area contributed by atoms with E-state index in [1.807, 2.05) is 13.8 Å². The molecule has 0 bridgehead atoms. The van der Waals surface area contributed by atoms with Gasteiger partial charge in [0.25, 0.3) is 0 Å². The van der Waals surface area contributed by atoms with Crippen molar-refractivity contribution in [3.8, 4) is 0 Å². The Morgan fingerprint density at radius 3 is 2.41 bits per heavy atom. The van der Waals surface area contributed by atoms with Crippen LogP contribution in [-0.2, 0) is 6.18 Å². The first-order chi connectivity index (χ1) is 7.77. The fourth-order valence-corrected chi connectivity index (χ4v) is 2.05. The average Bonchev–Trinajstić information content (AvgIpc) is 2.26. The molecular formula is C12H15BrF3N. The number of halogens is 4. The van der Waals surface area contributed by atoms with E-state index >= 15 is 0 Å². The van der Waals surface area contributed by atoms with Crippen molar-refractivity contribution in [2.24, 2.45) is 11.7 Å². The van der Waals surface area contributed by atoms with Gasteiger partial charge >= 0.3 is 6.18 Å². The minimum Gasteiger partial charge on any atom is -0.324 e. The van der Waals surface area contributed by atoms with Crippen LogP contribution in [0.25, 0.3) is 0 Å². The summed E-state index contributed by atoms with van der Waals surface area (Å²) in [7, 11) is 0. The van der Waals surface area contributed by atoms with E-state index in [1.54, 1.807) is 0 Å². The zero-order valence-electron chi connectivity index (χ0n) is 9.68. The van der Waals surface area contributed by atoms with E-state index in [0.29, 0.717) is 10.0 Å². The second kappa shape index (κ2) is 5.40. The maximum atomic E-state index is 12.6. The summed E-state index contributed by atoms with van der Waals surface area (Å²) in [4.78, 5) is 0. The molecule has 0 saturated carbocycles. The Morgan fingerprint density at radius 2 is 1.94 bits per heavy atom. The molecule has 0 saturated heterocycles. The number of hydrogen-bond acceptors (Lipinski definition) is 1. The van der Waals surface area contributed by atoms with Gasteiger partial charge in [0.2, 0.25) is 0 Å². The highest BCUT2D eigenvalue weighted by atomic mass is 79.9. The van der Waals surface area contributed by atoms with Crippen LogP contribution in [-0.4, -0.2) is 0 Å². The van der Waals surface area contributed by atoms with Crippen molar-refractivity contribution in [1.29, 1.82) is 0 Å². The summed E-state index contributed by atoms with van der Waals surface area (Å²) >= 11 is 3.25. The SMILES string of the molecule is CCC(C)[C@H](N)c1cc(C(F)(F)F)ccc1Br. The Bertz CT molecular complexity index is 390. The van der Waals surface area contributed by atoms with Crippen molar-refractivity contribution in [1.82, 2.24) is 0 Å². The molecule has 0 aliphatic heterocycles. The van der Waals surface area contributed by atoms with Gasteiger partial charge in [0.15, 0.2) is 0 Å². The Labute approximate surface area is 107 Å². The second-order valence-corrected chi connectivity index (χ2v) is 5.00. The largest absolute Gasteiger partial charge is 0.416 e. The summed E-state index contributed by atoms with van der Waals surface area (Å²) < 4.78 is 38.4. The Hall–Kier alpha value is -0.550. The molecule has 2 atom stereocenters. The molecule has 0 spiro atoms. The Morgan fingerprint density at radius 1 is 1.35 bits per heavy atom. The summed E-state index contributed by atoms with van der Waals surface area (Å²) in [5.74, 6) is 0.134. The zero-order chi connectivity index (χ0) is 13.2. The van der Waals surface area contributed by atoms with E-state index in [-0.39, 0.29) is 5.92 Å². The van der Waals surface area contributed by atoms with E-state index in [1.165, 1.54) is 6.07 Å². The van der Waals surface area contributed by atoms with E-state index in [2.05, 4.69) is 15.9 Å². The van der Waals surface area contributed by atoms with Crippen LogP contribution in [0.5, 0.6) is 0 Å². The van der Waals surface area contributed by atoms with Gasteiger partial charge in [-0.1, -0.05) is 36.2 Å². The van der Waals surface area contributed by atoms with Gasteiger partial charge < -0.3 is 5.73 Å². The molecule has 96 valence electrons. The highest BCUT2D eigenvalue weighted by molar-refractivity contribution is 9.10.